The highest BCUT2D eigenvalue weighted by Gasteiger charge is 2.37. The lowest BCUT2D eigenvalue weighted by Crippen LogP contribution is -2.39. The normalized spacial score (nSPS) is 17.4. The minimum Gasteiger partial charge on any atom is -0.496 e. The van der Waals surface area contributed by atoms with E-state index in [1.807, 2.05) is 18.2 Å². The first kappa shape index (κ1) is 19.1. The SMILES string of the molecule is COc1ccccc1/C=C1\CC(=O)N(C(O)CCCCCCN)C1=O. The Hall–Kier alpha value is -2.18. The molecule has 3 N–H and O–H groups in total. The van der Waals surface area contributed by atoms with Gasteiger partial charge in [-0.05, 0) is 37.9 Å². The number of nitrogens with zero attached hydrogens (tertiary/aromatic N) is 1. The van der Waals surface area contributed by atoms with E-state index in [1.54, 1.807) is 19.3 Å². The highest BCUT2D eigenvalue weighted by Crippen LogP contribution is 2.27. The predicted octanol–water partition coefficient (Wildman–Crippen LogP) is 2.07. The zero-order valence-electron chi connectivity index (χ0n) is 14.6. The van der Waals surface area contributed by atoms with Crippen LogP contribution in [0.25, 0.3) is 6.08 Å². The molecule has 1 aliphatic heterocycles. The van der Waals surface area contributed by atoms with Crippen LogP contribution in [-0.2, 0) is 9.59 Å². The van der Waals surface area contributed by atoms with E-state index in [9.17, 15) is 14.7 Å². The number of hydrogen-bond acceptors (Lipinski definition) is 5. The van der Waals surface area contributed by atoms with Crippen LogP contribution in [0.4, 0.5) is 0 Å². The van der Waals surface area contributed by atoms with Crippen LogP contribution in [0.2, 0.25) is 0 Å². The van der Waals surface area contributed by atoms with Gasteiger partial charge < -0.3 is 15.6 Å². The first-order valence-electron chi connectivity index (χ1n) is 8.66. The molecule has 0 saturated carbocycles. The summed E-state index contributed by atoms with van der Waals surface area (Å²) >= 11 is 0. The molecule has 2 rings (SSSR count). The summed E-state index contributed by atoms with van der Waals surface area (Å²) in [4.78, 5) is 25.7. The largest absolute Gasteiger partial charge is 0.496 e. The van der Waals surface area contributed by atoms with Crippen molar-refractivity contribution in [3.63, 3.8) is 0 Å². The molecule has 6 nitrogen and oxygen atoms in total. The van der Waals surface area contributed by atoms with Gasteiger partial charge >= 0.3 is 0 Å². The van der Waals surface area contributed by atoms with Crippen molar-refractivity contribution in [1.82, 2.24) is 4.90 Å². The number of para-hydroxylation sites is 1. The predicted molar refractivity (Wildman–Crippen MR) is 95.6 cm³/mol. The molecule has 1 fully saturated rings. The Morgan fingerprint density at radius 1 is 1.24 bits per heavy atom. The van der Waals surface area contributed by atoms with Crippen molar-refractivity contribution >= 4 is 17.9 Å². The number of amides is 2. The molecule has 2 amide bonds. The molecule has 1 atom stereocenters. The van der Waals surface area contributed by atoms with Crippen LogP contribution in [0.5, 0.6) is 5.75 Å². The van der Waals surface area contributed by atoms with Crippen molar-refractivity contribution in [3.05, 3.63) is 35.4 Å². The number of unbranched alkanes of at least 4 members (excludes halogenated alkanes) is 3. The monoisotopic (exact) mass is 346 g/mol. The van der Waals surface area contributed by atoms with Crippen LogP contribution in [0.1, 0.15) is 44.1 Å². The molecule has 6 heteroatoms. The van der Waals surface area contributed by atoms with Gasteiger partial charge in [0.2, 0.25) is 5.91 Å². The van der Waals surface area contributed by atoms with E-state index in [-0.39, 0.29) is 12.3 Å². The summed E-state index contributed by atoms with van der Waals surface area (Å²) in [5.74, 6) is -0.153. The zero-order chi connectivity index (χ0) is 18.2. The Morgan fingerprint density at radius 3 is 2.68 bits per heavy atom. The summed E-state index contributed by atoms with van der Waals surface area (Å²) in [6.07, 6.45) is 4.60. The van der Waals surface area contributed by atoms with Gasteiger partial charge in [0, 0.05) is 11.1 Å². The molecule has 0 radical (unpaired) electrons. The van der Waals surface area contributed by atoms with E-state index in [0.717, 1.165) is 36.1 Å². The summed E-state index contributed by atoms with van der Waals surface area (Å²) in [6, 6.07) is 7.29. The number of carbonyl (C=O) groups excluding carboxylic acids is 2. The third kappa shape index (κ3) is 4.90. The minimum absolute atomic E-state index is 0.00111. The number of nitrogens with two attached hydrogens (primary N) is 1. The second-order valence-electron chi connectivity index (χ2n) is 6.13. The number of aliphatic hydroxyl groups is 1. The number of aliphatic hydroxyl groups excluding tert-OH is 1. The maximum absolute atomic E-state index is 12.5. The molecule has 1 aromatic carbocycles. The van der Waals surface area contributed by atoms with Gasteiger partial charge in [0.1, 0.15) is 12.0 Å². The Bertz CT molecular complexity index is 642. The first-order chi connectivity index (χ1) is 12.1. The molecule has 136 valence electrons. The van der Waals surface area contributed by atoms with E-state index in [1.165, 1.54) is 0 Å². The lowest BCUT2D eigenvalue weighted by atomic mass is 10.1. The molecule has 0 aromatic heterocycles. The highest BCUT2D eigenvalue weighted by molar-refractivity contribution is 6.15. The molecule has 1 aromatic rings. The van der Waals surface area contributed by atoms with Crippen molar-refractivity contribution in [2.75, 3.05) is 13.7 Å². The molecular weight excluding hydrogens is 320 g/mol. The van der Waals surface area contributed by atoms with E-state index in [4.69, 9.17) is 10.5 Å². The summed E-state index contributed by atoms with van der Waals surface area (Å²) in [6.45, 7) is 0.656. The number of imide groups is 1. The summed E-state index contributed by atoms with van der Waals surface area (Å²) in [5.41, 5.74) is 6.55. The molecule has 0 spiro atoms. The molecule has 1 unspecified atom stereocenters. The van der Waals surface area contributed by atoms with Gasteiger partial charge in [0.25, 0.3) is 5.91 Å². The van der Waals surface area contributed by atoms with Crippen LogP contribution in [0, 0.1) is 0 Å². The number of rotatable bonds is 9. The number of benzene rings is 1. The van der Waals surface area contributed by atoms with Crippen LogP contribution in [0.3, 0.4) is 0 Å². The van der Waals surface area contributed by atoms with Gasteiger partial charge in [-0.2, -0.15) is 0 Å². The topological polar surface area (TPSA) is 92.9 Å². The molecule has 1 aliphatic rings. The lowest BCUT2D eigenvalue weighted by Gasteiger charge is -2.20. The van der Waals surface area contributed by atoms with E-state index in [2.05, 4.69) is 0 Å². The van der Waals surface area contributed by atoms with Gasteiger partial charge in [0.15, 0.2) is 0 Å². The Balaban J connectivity index is 2.02. The van der Waals surface area contributed by atoms with Gasteiger partial charge in [-0.3, -0.25) is 14.5 Å². The van der Waals surface area contributed by atoms with Crippen molar-refractivity contribution in [3.8, 4) is 5.75 Å². The maximum Gasteiger partial charge on any atom is 0.259 e. The minimum atomic E-state index is -1.07. The standard InChI is InChI=1S/C19H26N2O4/c1-25-16-9-6-5-8-14(16)12-15-13-18(23)21(19(15)24)17(22)10-4-2-3-7-11-20/h5-6,8-9,12,17,22H,2-4,7,10-11,13,20H2,1H3/b15-12+. The number of methoxy groups -OCH3 is 1. The van der Waals surface area contributed by atoms with Gasteiger partial charge in [-0.1, -0.05) is 31.0 Å². The lowest BCUT2D eigenvalue weighted by molar-refractivity contribution is -0.148. The molecule has 0 bridgehead atoms. The fourth-order valence-electron chi connectivity index (χ4n) is 2.93. The second kappa shape index (κ2) is 9.34. The Morgan fingerprint density at radius 2 is 1.96 bits per heavy atom. The average Bonchev–Trinajstić information content (AvgIpc) is 2.88. The van der Waals surface area contributed by atoms with Crippen molar-refractivity contribution in [2.45, 2.75) is 44.8 Å². The van der Waals surface area contributed by atoms with Crippen LogP contribution in [0.15, 0.2) is 29.8 Å². The highest BCUT2D eigenvalue weighted by atomic mass is 16.5. The van der Waals surface area contributed by atoms with Gasteiger partial charge in [0.05, 0.1) is 13.5 Å². The number of carbonyl (C=O) groups is 2. The number of hydrogen-bond donors (Lipinski definition) is 2. The molecule has 25 heavy (non-hydrogen) atoms. The van der Waals surface area contributed by atoms with Gasteiger partial charge in [-0.15, -0.1) is 0 Å². The average molecular weight is 346 g/mol. The third-order valence-corrected chi connectivity index (χ3v) is 4.29. The van der Waals surface area contributed by atoms with Crippen molar-refractivity contribution < 1.29 is 19.4 Å². The van der Waals surface area contributed by atoms with Crippen molar-refractivity contribution in [1.29, 1.82) is 0 Å². The van der Waals surface area contributed by atoms with Crippen LogP contribution < -0.4 is 10.5 Å². The first-order valence-corrected chi connectivity index (χ1v) is 8.66. The van der Waals surface area contributed by atoms with E-state index in [0.29, 0.717) is 24.3 Å². The summed E-state index contributed by atoms with van der Waals surface area (Å²) in [5, 5.41) is 10.2. The fourth-order valence-corrected chi connectivity index (χ4v) is 2.93. The van der Waals surface area contributed by atoms with E-state index < -0.39 is 12.1 Å². The summed E-state index contributed by atoms with van der Waals surface area (Å²) < 4.78 is 5.26. The zero-order valence-corrected chi connectivity index (χ0v) is 14.6. The van der Waals surface area contributed by atoms with Crippen LogP contribution >= 0.6 is 0 Å². The van der Waals surface area contributed by atoms with E-state index >= 15 is 0 Å². The Labute approximate surface area is 148 Å². The Kier molecular flexibility index (Phi) is 7.16. The molecule has 0 aliphatic carbocycles. The molecular formula is C19H26N2O4. The van der Waals surface area contributed by atoms with Crippen molar-refractivity contribution in [2.24, 2.45) is 5.73 Å². The second-order valence-corrected chi connectivity index (χ2v) is 6.13. The third-order valence-electron chi connectivity index (χ3n) is 4.29. The number of ether oxygens (including phenoxy) is 1. The van der Waals surface area contributed by atoms with Crippen LogP contribution in [-0.4, -0.2) is 41.7 Å². The molecule has 1 saturated heterocycles. The quantitative estimate of drug-likeness (QED) is 0.406. The number of likely N-dealkylation sites (tertiary alicyclic amines) is 1. The molecule has 1 heterocycles. The van der Waals surface area contributed by atoms with Gasteiger partial charge in [-0.25, -0.2) is 0 Å². The fraction of sp³-hybridized carbons (Fsp3) is 0.474. The smallest absolute Gasteiger partial charge is 0.259 e. The summed E-state index contributed by atoms with van der Waals surface area (Å²) in [7, 11) is 1.56. The maximum atomic E-state index is 12.5.